The van der Waals surface area contributed by atoms with Crippen LogP contribution in [-0.4, -0.2) is 36.1 Å². The highest BCUT2D eigenvalue weighted by atomic mass is 16.6. The molecule has 2 aliphatic rings. The summed E-state index contributed by atoms with van der Waals surface area (Å²) in [6.45, 7) is 2.94. The van der Waals surface area contributed by atoms with Crippen molar-refractivity contribution in [2.75, 3.05) is 13.7 Å². The van der Waals surface area contributed by atoms with Crippen molar-refractivity contribution < 1.29 is 19.4 Å². The predicted molar refractivity (Wildman–Crippen MR) is 136 cm³/mol. The Morgan fingerprint density at radius 2 is 1.82 bits per heavy atom. The van der Waals surface area contributed by atoms with Gasteiger partial charge in [-0.1, -0.05) is 56.5 Å². The minimum absolute atomic E-state index is 0.291. The lowest BCUT2D eigenvalue weighted by molar-refractivity contribution is -0.123. The lowest BCUT2D eigenvalue weighted by atomic mass is 9.81. The normalized spacial score (nSPS) is 18.9. The highest BCUT2D eigenvalue weighted by Gasteiger charge is 2.25. The van der Waals surface area contributed by atoms with Crippen molar-refractivity contribution in [3.63, 3.8) is 0 Å². The summed E-state index contributed by atoms with van der Waals surface area (Å²) in [4.78, 5) is 15.6. The Bertz CT molecular complexity index is 1090. The maximum Gasteiger partial charge on any atom is 0.337 e. The van der Waals surface area contributed by atoms with Gasteiger partial charge in [-0.2, -0.15) is 0 Å². The Labute approximate surface area is 202 Å². The molecule has 2 aromatic carbocycles. The summed E-state index contributed by atoms with van der Waals surface area (Å²) in [7, 11) is 1.43. The van der Waals surface area contributed by atoms with Crippen molar-refractivity contribution in [1.82, 2.24) is 4.98 Å². The molecule has 2 heterocycles. The van der Waals surface area contributed by atoms with Crippen LogP contribution in [0, 0.1) is 0 Å². The molecule has 3 aromatic rings. The molecule has 2 fully saturated rings. The predicted octanol–water partition coefficient (Wildman–Crippen LogP) is 6.74. The molecule has 1 saturated carbocycles. The van der Waals surface area contributed by atoms with Gasteiger partial charge in [0.15, 0.2) is 6.29 Å². The van der Waals surface area contributed by atoms with Gasteiger partial charge in [0, 0.05) is 23.1 Å². The Balaban J connectivity index is 0.000000336. The Morgan fingerprint density at radius 1 is 1.06 bits per heavy atom. The van der Waals surface area contributed by atoms with Gasteiger partial charge in [-0.05, 0) is 67.7 Å². The number of aryl methyl sites for hydroxylation is 1. The van der Waals surface area contributed by atoms with E-state index in [9.17, 15) is 4.79 Å². The van der Waals surface area contributed by atoms with Crippen LogP contribution in [0.15, 0.2) is 42.5 Å². The first-order valence-electron chi connectivity index (χ1n) is 12.7. The molecule has 1 saturated heterocycles. The van der Waals surface area contributed by atoms with Crippen molar-refractivity contribution in [3.05, 3.63) is 59.2 Å². The topological polar surface area (TPSA) is 71.6 Å². The van der Waals surface area contributed by atoms with E-state index in [0.29, 0.717) is 11.5 Å². The second-order valence-corrected chi connectivity index (χ2v) is 9.33. The van der Waals surface area contributed by atoms with Gasteiger partial charge in [-0.15, -0.1) is 0 Å². The highest BCUT2D eigenvalue weighted by Crippen LogP contribution is 2.43. The zero-order valence-electron chi connectivity index (χ0n) is 20.4. The number of carbonyl (C=O) groups excluding carboxylic acids is 1. The van der Waals surface area contributed by atoms with E-state index in [0.717, 1.165) is 37.8 Å². The number of hydrogen-bond donors (Lipinski definition) is 2. The van der Waals surface area contributed by atoms with Crippen molar-refractivity contribution in [1.29, 1.82) is 0 Å². The van der Waals surface area contributed by atoms with Crippen LogP contribution in [0.2, 0.25) is 0 Å². The molecule has 5 nitrogen and oxygen atoms in total. The minimum Gasteiger partial charge on any atom is -0.465 e. The molecule has 0 spiro atoms. The largest absolute Gasteiger partial charge is 0.465 e. The summed E-state index contributed by atoms with van der Waals surface area (Å²) in [5, 5.41) is 9.93. The van der Waals surface area contributed by atoms with Gasteiger partial charge in [-0.3, -0.25) is 0 Å². The highest BCUT2D eigenvalue weighted by molar-refractivity contribution is 5.98. The molecule has 0 bridgehead atoms. The van der Waals surface area contributed by atoms with Crippen LogP contribution in [0.4, 0.5) is 0 Å². The van der Waals surface area contributed by atoms with E-state index in [1.165, 1.54) is 67.0 Å². The number of ether oxygens (including phenoxy) is 2. The van der Waals surface area contributed by atoms with Gasteiger partial charge in [-0.25, -0.2) is 4.79 Å². The molecule has 0 amide bonds. The number of carbonyl (C=O) groups is 1. The van der Waals surface area contributed by atoms with Crippen LogP contribution in [0.25, 0.3) is 22.2 Å². The third-order valence-electron chi connectivity index (χ3n) is 7.10. The first-order valence-corrected chi connectivity index (χ1v) is 12.7. The molecule has 5 rings (SSSR count). The van der Waals surface area contributed by atoms with E-state index in [2.05, 4.69) is 42.2 Å². The van der Waals surface area contributed by atoms with Crippen LogP contribution in [0.1, 0.15) is 85.7 Å². The summed E-state index contributed by atoms with van der Waals surface area (Å²) in [6.07, 6.45) is 10.0. The SMILES string of the molecule is CCc1ccccc1-c1[nH]c2cc(C(=O)OC)ccc2c1C1CCCCC1.OC1CCCCO1. The van der Waals surface area contributed by atoms with Crippen LogP contribution in [-0.2, 0) is 15.9 Å². The Morgan fingerprint density at radius 3 is 2.47 bits per heavy atom. The van der Waals surface area contributed by atoms with Gasteiger partial charge in [0.2, 0.25) is 0 Å². The van der Waals surface area contributed by atoms with Gasteiger partial charge in [0.25, 0.3) is 0 Å². The third kappa shape index (κ3) is 5.53. The summed E-state index contributed by atoms with van der Waals surface area (Å²) in [5.74, 6) is 0.289. The van der Waals surface area contributed by atoms with E-state index < -0.39 is 6.29 Å². The second-order valence-electron chi connectivity index (χ2n) is 9.33. The molecule has 34 heavy (non-hydrogen) atoms. The van der Waals surface area contributed by atoms with Gasteiger partial charge in [0.05, 0.1) is 18.4 Å². The van der Waals surface area contributed by atoms with Gasteiger partial charge in [0.1, 0.15) is 0 Å². The summed E-state index contributed by atoms with van der Waals surface area (Å²) in [5.41, 5.74) is 6.93. The van der Waals surface area contributed by atoms with Crippen LogP contribution in [0.5, 0.6) is 0 Å². The number of esters is 1. The van der Waals surface area contributed by atoms with E-state index in [4.69, 9.17) is 14.6 Å². The molecule has 182 valence electrons. The quantitative estimate of drug-likeness (QED) is 0.421. The zero-order chi connectivity index (χ0) is 23.9. The van der Waals surface area contributed by atoms with Crippen LogP contribution in [0.3, 0.4) is 0 Å². The van der Waals surface area contributed by atoms with Crippen molar-refractivity contribution in [2.45, 2.75) is 76.9 Å². The average Bonchev–Trinajstić information content (AvgIpc) is 3.28. The fraction of sp³-hybridized carbons (Fsp3) is 0.483. The average molecular weight is 464 g/mol. The zero-order valence-corrected chi connectivity index (χ0v) is 20.4. The molecule has 1 aliphatic carbocycles. The first kappa shape index (κ1) is 24.5. The summed E-state index contributed by atoms with van der Waals surface area (Å²) < 4.78 is 9.74. The Kier molecular flexibility index (Phi) is 8.41. The lowest BCUT2D eigenvalue weighted by Crippen LogP contribution is -2.17. The van der Waals surface area contributed by atoms with Crippen LogP contribution < -0.4 is 0 Å². The molecular weight excluding hydrogens is 426 g/mol. The van der Waals surface area contributed by atoms with E-state index in [1.807, 2.05) is 12.1 Å². The van der Waals surface area contributed by atoms with Gasteiger partial charge < -0.3 is 19.6 Å². The van der Waals surface area contributed by atoms with Gasteiger partial charge >= 0.3 is 5.97 Å². The number of rotatable bonds is 4. The standard InChI is InChI=1S/C24H27NO2.C5H10O2/c1-3-16-9-7-8-12-19(16)23-22(17-10-5-4-6-11-17)20-14-13-18(24(26)27-2)15-21(20)25-23;6-5-3-1-2-4-7-5/h7-9,12-15,17,25H,3-6,10-11H2,1-2H3;5-6H,1-4H2. The van der Waals surface area contributed by atoms with E-state index in [1.54, 1.807) is 0 Å². The fourth-order valence-corrected chi connectivity index (χ4v) is 5.29. The smallest absolute Gasteiger partial charge is 0.337 e. The Hall–Kier alpha value is -2.63. The van der Waals surface area contributed by atoms with Crippen molar-refractivity contribution >= 4 is 16.9 Å². The number of fused-ring (bicyclic) bond motifs is 1. The molecule has 5 heteroatoms. The minimum atomic E-state index is -0.464. The number of aliphatic hydroxyl groups excluding tert-OH is 1. The van der Waals surface area contributed by atoms with Crippen molar-refractivity contribution in [2.24, 2.45) is 0 Å². The van der Waals surface area contributed by atoms with E-state index >= 15 is 0 Å². The number of aliphatic hydroxyl groups is 1. The summed E-state index contributed by atoms with van der Waals surface area (Å²) >= 11 is 0. The number of aromatic nitrogens is 1. The fourth-order valence-electron chi connectivity index (χ4n) is 5.29. The number of aromatic amines is 1. The molecule has 1 atom stereocenters. The third-order valence-corrected chi connectivity index (χ3v) is 7.10. The number of methoxy groups -OCH3 is 1. The maximum atomic E-state index is 12.0. The molecule has 1 unspecified atom stereocenters. The van der Waals surface area contributed by atoms with E-state index in [-0.39, 0.29) is 5.97 Å². The summed E-state index contributed by atoms with van der Waals surface area (Å²) in [6, 6.07) is 14.6. The number of hydrogen-bond acceptors (Lipinski definition) is 4. The maximum absolute atomic E-state index is 12.0. The second kappa shape index (κ2) is 11.7. The van der Waals surface area contributed by atoms with Crippen molar-refractivity contribution in [3.8, 4) is 11.3 Å². The molecule has 1 aromatic heterocycles. The molecule has 0 radical (unpaired) electrons. The molecule has 2 N–H and O–H groups in total. The number of nitrogens with one attached hydrogen (secondary N) is 1. The number of benzene rings is 2. The van der Waals surface area contributed by atoms with Crippen LogP contribution >= 0.6 is 0 Å². The molecular formula is C29H37NO4. The first-order chi connectivity index (χ1) is 16.6. The lowest BCUT2D eigenvalue weighted by Gasteiger charge is -2.23. The molecule has 1 aliphatic heterocycles. The monoisotopic (exact) mass is 463 g/mol. The number of H-pyrrole nitrogens is 1.